The number of benzene rings is 1. The molecule has 0 saturated heterocycles. The van der Waals surface area contributed by atoms with Crippen molar-refractivity contribution in [1.82, 2.24) is 6.15 Å². The molecule has 0 radical (unpaired) electrons. The van der Waals surface area contributed by atoms with Gasteiger partial charge in [0.2, 0.25) is 0 Å². The fraction of sp³-hybridized carbons (Fsp3) is 0.778. The Morgan fingerprint density at radius 1 is 0.724 bits per heavy atom. The molecule has 2 nitrogen and oxygen atoms in total. The van der Waals surface area contributed by atoms with Crippen molar-refractivity contribution in [3.8, 4) is 0 Å². The molecular formula is C27H51NO. The number of hydrogen-bond acceptors (Lipinski definition) is 2. The van der Waals surface area contributed by atoms with Crippen LogP contribution >= 0.6 is 0 Å². The van der Waals surface area contributed by atoms with Gasteiger partial charge >= 0.3 is 0 Å². The lowest BCUT2D eigenvalue weighted by atomic mass is 9.82. The van der Waals surface area contributed by atoms with Crippen LogP contribution in [0.3, 0.4) is 0 Å². The van der Waals surface area contributed by atoms with E-state index in [4.69, 9.17) is 0 Å². The Hall–Kier alpha value is -0.860. The molecule has 0 aromatic heterocycles. The summed E-state index contributed by atoms with van der Waals surface area (Å²) < 4.78 is 0. The van der Waals surface area contributed by atoms with Crippen LogP contribution in [0.1, 0.15) is 123 Å². The monoisotopic (exact) mass is 405 g/mol. The Bertz CT molecular complexity index is 457. The molecule has 29 heavy (non-hydrogen) atoms. The molecule has 1 aromatic carbocycles. The van der Waals surface area contributed by atoms with Crippen LogP contribution in [0.15, 0.2) is 30.3 Å². The van der Waals surface area contributed by atoms with Crippen LogP contribution < -0.4 is 6.15 Å². The van der Waals surface area contributed by atoms with E-state index in [1.807, 2.05) is 13.0 Å². The van der Waals surface area contributed by atoms with Gasteiger partial charge in [0.1, 0.15) is 0 Å². The Kier molecular flexibility index (Phi) is 17.4. The van der Waals surface area contributed by atoms with Crippen molar-refractivity contribution in [2.24, 2.45) is 5.92 Å². The van der Waals surface area contributed by atoms with Crippen LogP contribution in [0, 0.1) is 5.92 Å². The molecule has 0 aliphatic carbocycles. The van der Waals surface area contributed by atoms with E-state index in [0.29, 0.717) is 5.92 Å². The first-order chi connectivity index (χ1) is 13.6. The maximum absolute atomic E-state index is 10.8. The lowest BCUT2D eigenvalue weighted by molar-refractivity contribution is 0.00230. The van der Waals surface area contributed by atoms with E-state index in [1.165, 1.54) is 95.5 Å². The minimum atomic E-state index is -0.599. The molecule has 0 spiro atoms. The molecule has 4 N–H and O–H groups in total. The number of hydrogen-bond donors (Lipinski definition) is 2. The fourth-order valence-electron chi connectivity index (χ4n) is 4.14. The zero-order chi connectivity index (χ0) is 20.5. The van der Waals surface area contributed by atoms with Gasteiger partial charge in [-0.3, -0.25) is 0 Å². The van der Waals surface area contributed by atoms with E-state index >= 15 is 0 Å². The first-order valence-corrected chi connectivity index (χ1v) is 12.3. The average molecular weight is 406 g/mol. The lowest BCUT2D eigenvalue weighted by Gasteiger charge is -2.30. The van der Waals surface area contributed by atoms with Crippen molar-refractivity contribution in [2.75, 3.05) is 0 Å². The van der Waals surface area contributed by atoms with E-state index in [2.05, 4.69) is 38.1 Å². The van der Waals surface area contributed by atoms with Crippen LogP contribution in [0.5, 0.6) is 0 Å². The summed E-state index contributed by atoms with van der Waals surface area (Å²) in [6.07, 6.45) is 21.5. The molecule has 0 heterocycles. The fourth-order valence-corrected chi connectivity index (χ4v) is 4.14. The molecule has 0 amide bonds. The summed E-state index contributed by atoms with van der Waals surface area (Å²) in [6.45, 7) is 6.51. The van der Waals surface area contributed by atoms with Crippen molar-refractivity contribution in [3.05, 3.63) is 35.9 Å². The third kappa shape index (κ3) is 14.7. The van der Waals surface area contributed by atoms with Crippen LogP contribution in [0.2, 0.25) is 0 Å². The van der Waals surface area contributed by atoms with Gasteiger partial charge in [-0.2, -0.15) is 0 Å². The molecule has 1 aromatic rings. The molecule has 0 saturated carbocycles. The Morgan fingerprint density at radius 3 is 1.59 bits per heavy atom. The van der Waals surface area contributed by atoms with Crippen LogP contribution in [-0.4, -0.2) is 10.7 Å². The van der Waals surface area contributed by atoms with Crippen LogP contribution in [0.25, 0.3) is 0 Å². The van der Waals surface area contributed by atoms with Gasteiger partial charge in [-0.1, -0.05) is 134 Å². The third-order valence-electron chi connectivity index (χ3n) is 6.46. The summed E-state index contributed by atoms with van der Waals surface area (Å²) in [7, 11) is 0. The highest BCUT2D eigenvalue weighted by Gasteiger charge is 2.27. The number of aliphatic hydroxyl groups is 1. The summed E-state index contributed by atoms with van der Waals surface area (Å²) >= 11 is 0. The van der Waals surface area contributed by atoms with E-state index in [1.54, 1.807) is 0 Å². The summed E-state index contributed by atoms with van der Waals surface area (Å²) in [5.74, 6) is 0.352. The van der Waals surface area contributed by atoms with Gasteiger partial charge in [0.15, 0.2) is 0 Å². The van der Waals surface area contributed by atoms with Gasteiger partial charge in [0.05, 0.1) is 5.60 Å². The topological polar surface area (TPSA) is 55.2 Å². The minimum Gasteiger partial charge on any atom is -0.390 e. The van der Waals surface area contributed by atoms with Gasteiger partial charge in [0, 0.05) is 6.42 Å². The highest BCUT2D eigenvalue weighted by atomic mass is 16.3. The first kappa shape index (κ1) is 28.1. The maximum atomic E-state index is 10.8. The molecule has 0 aliphatic heterocycles. The average Bonchev–Trinajstić information content (AvgIpc) is 2.68. The molecule has 2 atom stereocenters. The molecule has 170 valence electrons. The van der Waals surface area contributed by atoms with Gasteiger partial charge in [-0.25, -0.2) is 0 Å². The van der Waals surface area contributed by atoms with Crippen molar-refractivity contribution in [2.45, 2.75) is 129 Å². The van der Waals surface area contributed by atoms with Gasteiger partial charge in [0.25, 0.3) is 0 Å². The smallest absolute Gasteiger partial charge is 0.0685 e. The molecule has 2 heteroatoms. The van der Waals surface area contributed by atoms with Crippen LogP contribution in [-0.2, 0) is 6.42 Å². The van der Waals surface area contributed by atoms with Gasteiger partial charge in [-0.05, 0) is 24.8 Å². The van der Waals surface area contributed by atoms with Crippen molar-refractivity contribution in [1.29, 1.82) is 0 Å². The molecule has 1 rings (SSSR count). The second kappa shape index (κ2) is 18.0. The van der Waals surface area contributed by atoms with Crippen molar-refractivity contribution in [3.63, 3.8) is 0 Å². The van der Waals surface area contributed by atoms with Crippen LogP contribution in [0.4, 0.5) is 0 Å². The lowest BCUT2D eigenvalue weighted by Crippen LogP contribution is -2.35. The zero-order valence-corrected chi connectivity index (χ0v) is 19.9. The number of rotatable bonds is 18. The summed E-state index contributed by atoms with van der Waals surface area (Å²) in [4.78, 5) is 0. The molecule has 0 aliphatic rings. The quantitative estimate of drug-likeness (QED) is 0.240. The molecule has 0 fully saturated rings. The second-order valence-electron chi connectivity index (χ2n) is 9.31. The Morgan fingerprint density at radius 2 is 1.14 bits per heavy atom. The largest absolute Gasteiger partial charge is 0.390 e. The normalized spacial score (nSPS) is 14.2. The molecule has 2 unspecified atom stereocenters. The SMILES string of the molecule is CCCCCCCCCCCCCCCCC(C)C(C)(O)Cc1ccccc1.N. The van der Waals surface area contributed by atoms with Gasteiger partial charge < -0.3 is 11.3 Å². The van der Waals surface area contributed by atoms with Gasteiger partial charge in [-0.15, -0.1) is 0 Å². The molecule has 0 bridgehead atoms. The van der Waals surface area contributed by atoms with E-state index in [0.717, 1.165) is 12.8 Å². The maximum Gasteiger partial charge on any atom is 0.0685 e. The van der Waals surface area contributed by atoms with E-state index in [-0.39, 0.29) is 6.15 Å². The summed E-state index contributed by atoms with van der Waals surface area (Å²) in [5, 5.41) is 10.8. The Balaban J connectivity index is 0.00000784. The summed E-state index contributed by atoms with van der Waals surface area (Å²) in [6, 6.07) is 10.4. The standard InChI is InChI=1S/C27H48O.H3N/c1-4-5-6-7-8-9-10-11-12-13-14-15-16-18-21-25(2)27(3,28)24-26-22-19-17-20-23-26;/h17,19-20,22-23,25,28H,4-16,18,21,24H2,1-3H3;1H3. The predicted octanol–water partition coefficient (Wildman–Crippen LogP) is 8.65. The highest BCUT2D eigenvalue weighted by Crippen LogP contribution is 2.27. The van der Waals surface area contributed by atoms with Crippen molar-refractivity contribution >= 4 is 0 Å². The van der Waals surface area contributed by atoms with E-state index < -0.39 is 5.60 Å². The minimum absolute atomic E-state index is 0. The van der Waals surface area contributed by atoms with Crippen molar-refractivity contribution < 1.29 is 5.11 Å². The van der Waals surface area contributed by atoms with E-state index in [9.17, 15) is 5.11 Å². The summed E-state index contributed by atoms with van der Waals surface area (Å²) in [5.41, 5.74) is 0.637. The first-order valence-electron chi connectivity index (χ1n) is 12.3. The predicted molar refractivity (Wildman–Crippen MR) is 130 cm³/mol. The zero-order valence-electron chi connectivity index (χ0n) is 19.9. The number of unbranched alkanes of at least 4 members (excludes halogenated alkanes) is 13. The Labute approximate surface area is 182 Å². The highest BCUT2D eigenvalue weighted by molar-refractivity contribution is 5.17. The molecular weight excluding hydrogens is 354 g/mol. The second-order valence-corrected chi connectivity index (χ2v) is 9.31. The third-order valence-corrected chi connectivity index (χ3v) is 6.46.